The third-order valence-corrected chi connectivity index (χ3v) is 3.28. The lowest BCUT2D eigenvalue weighted by Crippen LogP contribution is -2.29. The zero-order valence-corrected chi connectivity index (χ0v) is 10.3. The Bertz CT molecular complexity index is 351. The highest BCUT2D eigenvalue weighted by Crippen LogP contribution is 2.20. The molecule has 0 unspecified atom stereocenters. The van der Waals surface area contributed by atoms with E-state index in [1.165, 1.54) is 0 Å². The van der Waals surface area contributed by atoms with E-state index in [1.54, 1.807) is 6.20 Å². The van der Waals surface area contributed by atoms with Gasteiger partial charge in [-0.05, 0) is 30.9 Å². The Morgan fingerprint density at radius 2 is 2.24 bits per heavy atom. The van der Waals surface area contributed by atoms with Crippen LogP contribution in [-0.4, -0.2) is 36.9 Å². The fourth-order valence-corrected chi connectivity index (χ4v) is 2.21. The van der Waals surface area contributed by atoms with E-state index in [2.05, 4.69) is 16.9 Å². The molecule has 1 saturated heterocycles. The van der Waals surface area contributed by atoms with Gasteiger partial charge < -0.3 is 14.7 Å². The predicted molar refractivity (Wildman–Crippen MR) is 67.0 cm³/mol. The van der Waals surface area contributed by atoms with Gasteiger partial charge >= 0.3 is 0 Å². The van der Waals surface area contributed by atoms with Crippen LogP contribution in [0.3, 0.4) is 0 Å². The molecule has 1 fully saturated rings. The lowest BCUT2D eigenvalue weighted by Gasteiger charge is -2.28. The van der Waals surface area contributed by atoms with Crippen molar-refractivity contribution in [3.05, 3.63) is 24.0 Å². The highest BCUT2D eigenvalue weighted by molar-refractivity contribution is 5.45. The van der Waals surface area contributed by atoms with Crippen LogP contribution in [0.25, 0.3) is 0 Å². The second-order valence-electron chi connectivity index (χ2n) is 4.60. The van der Waals surface area contributed by atoms with Gasteiger partial charge in [0.25, 0.3) is 0 Å². The molecule has 2 rings (SSSR count). The SMILES string of the molecule is CN(CC1CCOCC1)c1ccnc(CO)c1. The molecule has 0 radical (unpaired) electrons. The average molecular weight is 236 g/mol. The summed E-state index contributed by atoms with van der Waals surface area (Å²) in [6, 6.07) is 3.93. The fraction of sp³-hybridized carbons (Fsp3) is 0.615. The predicted octanol–water partition coefficient (Wildman–Crippen LogP) is 1.44. The highest BCUT2D eigenvalue weighted by atomic mass is 16.5. The van der Waals surface area contributed by atoms with E-state index in [0.717, 1.165) is 44.0 Å². The number of hydrogen-bond donors (Lipinski definition) is 1. The van der Waals surface area contributed by atoms with Gasteiger partial charge in [-0.3, -0.25) is 4.98 Å². The summed E-state index contributed by atoms with van der Waals surface area (Å²) in [4.78, 5) is 6.32. The molecule has 0 aliphatic carbocycles. The average Bonchev–Trinajstić information content (AvgIpc) is 2.40. The minimum absolute atomic E-state index is 0.00104. The fourth-order valence-electron chi connectivity index (χ4n) is 2.21. The summed E-state index contributed by atoms with van der Waals surface area (Å²) in [5.41, 5.74) is 1.84. The van der Waals surface area contributed by atoms with Crippen LogP contribution in [0, 0.1) is 5.92 Å². The number of hydrogen-bond acceptors (Lipinski definition) is 4. The van der Waals surface area contributed by atoms with Gasteiger partial charge in [0.15, 0.2) is 0 Å². The van der Waals surface area contributed by atoms with Gasteiger partial charge in [-0.25, -0.2) is 0 Å². The van der Waals surface area contributed by atoms with Gasteiger partial charge in [0, 0.05) is 38.7 Å². The first kappa shape index (κ1) is 12.3. The molecule has 0 atom stereocenters. The normalized spacial score (nSPS) is 17.1. The van der Waals surface area contributed by atoms with E-state index in [-0.39, 0.29) is 6.61 Å². The molecule has 1 aliphatic heterocycles. The summed E-state index contributed by atoms with van der Waals surface area (Å²) in [5.74, 6) is 0.708. The molecule has 4 nitrogen and oxygen atoms in total. The van der Waals surface area contributed by atoms with Gasteiger partial charge in [-0.2, -0.15) is 0 Å². The Morgan fingerprint density at radius 1 is 1.47 bits per heavy atom. The van der Waals surface area contributed by atoms with Gasteiger partial charge in [-0.15, -0.1) is 0 Å². The van der Waals surface area contributed by atoms with Crippen molar-refractivity contribution in [2.45, 2.75) is 19.4 Å². The first-order valence-corrected chi connectivity index (χ1v) is 6.14. The van der Waals surface area contributed by atoms with Crippen LogP contribution in [0.15, 0.2) is 18.3 Å². The maximum atomic E-state index is 9.07. The first-order chi connectivity index (χ1) is 8.29. The van der Waals surface area contributed by atoms with Crippen LogP contribution in [0.5, 0.6) is 0 Å². The number of rotatable bonds is 4. The van der Waals surface area contributed by atoms with Crippen LogP contribution in [0.1, 0.15) is 18.5 Å². The molecule has 4 heteroatoms. The summed E-state index contributed by atoms with van der Waals surface area (Å²) >= 11 is 0. The molecule has 1 aliphatic rings. The van der Waals surface area contributed by atoms with Crippen molar-refractivity contribution >= 4 is 5.69 Å². The molecular weight excluding hydrogens is 216 g/mol. The lowest BCUT2D eigenvalue weighted by molar-refractivity contribution is 0.0685. The van der Waals surface area contributed by atoms with E-state index in [0.29, 0.717) is 5.92 Å². The molecule has 0 aromatic carbocycles. The van der Waals surface area contributed by atoms with Gasteiger partial charge in [0.2, 0.25) is 0 Å². The molecule has 1 aromatic rings. The van der Waals surface area contributed by atoms with E-state index in [1.807, 2.05) is 12.1 Å². The maximum absolute atomic E-state index is 9.07. The number of ether oxygens (including phenoxy) is 1. The van der Waals surface area contributed by atoms with E-state index in [9.17, 15) is 0 Å². The van der Waals surface area contributed by atoms with Crippen molar-refractivity contribution < 1.29 is 9.84 Å². The van der Waals surface area contributed by atoms with Crippen LogP contribution < -0.4 is 4.90 Å². The topological polar surface area (TPSA) is 45.6 Å². The lowest BCUT2D eigenvalue weighted by atomic mass is 10.00. The van der Waals surface area contributed by atoms with Crippen LogP contribution >= 0.6 is 0 Å². The van der Waals surface area contributed by atoms with Crippen molar-refractivity contribution in [3.63, 3.8) is 0 Å². The van der Waals surface area contributed by atoms with Crippen molar-refractivity contribution in [2.24, 2.45) is 5.92 Å². The monoisotopic (exact) mass is 236 g/mol. The van der Waals surface area contributed by atoms with Crippen LogP contribution in [-0.2, 0) is 11.3 Å². The van der Waals surface area contributed by atoms with Crippen molar-refractivity contribution in [1.29, 1.82) is 0 Å². The number of pyridine rings is 1. The quantitative estimate of drug-likeness (QED) is 0.859. The molecular formula is C13H20N2O2. The van der Waals surface area contributed by atoms with E-state index >= 15 is 0 Å². The Hall–Kier alpha value is -1.13. The molecule has 0 spiro atoms. The van der Waals surface area contributed by atoms with Crippen molar-refractivity contribution in [1.82, 2.24) is 4.98 Å². The van der Waals surface area contributed by atoms with E-state index < -0.39 is 0 Å². The third kappa shape index (κ3) is 3.41. The van der Waals surface area contributed by atoms with Crippen molar-refractivity contribution in [2.75, 3.05) is 31.7 Å². The molecule has 1 aromatic heterocycles. The largest absolute Gasteiger partial charge is 0.390 e. The second-order valence-corrected chi connectivity index (χ2v) is 4.60. The number of aliphatic hydroxyl groups is 1. The van der Waals surface area contributed by atoms with Crippen LogP contribution in [0.4, 0.5) is 5.69 Å². The number of anilines is 1. The van der Waals surface area contributed by atoms with Crippen LogP contribution in [0.2, 0.25) is 0 Å². The number of aliphatic hydroxyl groups excluding tert-OH is 1. The van der Waals surface area contributed by atoms with E-state index in [4.69, 9.17) is 9.84 Å². The Kier molecular flexibility index (Phi) is 4.34. The van der Waals surface area contributed by atoms with Gasteiger partial charge in [-0.1, -0.05) is 0 Å². The van der Waals surface area contributed by atoms with Gasteiger partial charge in [0.05, 0.1) is 12.3 Å². The molecule has 1 N–H and O–H groups in total. The molecule has 17 heavy (non-hydrogen) atoms. The summed E-state index contributed by atoms with van der Waals surface area (Å²) in [6.07, 6.45) is 4.03. The Balaban J connectivity index is 1.95. The second kappa shape index (κ2) is 5.98. The number of aromatic nitrogens is 1. The van der Waals surface area contributed by atoms with Gasteiger partial charge in [0.1, 0.15) is 0 Å². The summed E-state index contributed by atoms with van der Waals surface area (Å²) < 4.78 is 5.36. The maximum Gasteiger partial charge on any atom is 0.0853 e. The summed E-state index contributed by atoms with van der Waals surface area (Å²) in [6.45, 7) is 2.81. The zero-order valence-electron chi connectivity index (χ0n) is 10.3. The zero-order chi connectivity index (χ0) is 12.1. The molecule has 0 amide bonds. The first-order valence-electron chi connectivity index (χ1n) is 6.14. The Morgan fingerprint density at radius 3 is 2.94 bits per heavy atom. The molecule has 0 saturated carbocycles. The molecule has 2 heterocycles. The minimum atomic E-state index is -0.00104. The summed E-state index contributed by atoms with van der Waals surface area (Å²) in [7, 11) is 2.09. The molecule has 0 bridgehead atoms. The van der Waals surface area contributed by atoms with Crippen molar-refractivity contribution in [3.8, 4) is 0 Å². The Labute approximate surface area is 102 Å². The number of nitrogens with zero attached hydrogens (tertiary/aromatic N) is 2. The standard InChI is InChI=1S/C13H20N2O2/c1-15(9-11-3-6-17-7-4-11)13-2-5-14-12(8-13)10-16/h2,5,8,11,16H,3-4,6-7,9-10H2,1H3. The summed E-state index contributed by atoms with van der Waals surface area (Å²) in [5, 5.41) is 9.07. The highest BCUT2D eigenvalue weighted by Gasteiger charge is 2.16. The smallest absolute Gasteiger partial charge is 0.0853 e. The minimum Gasteiger partial charge on any atom is -0.390 e. The third-order valence-electron chi connectivity index (χ3n) is 3.28. The molecule has 94 valence electrons.